The maximum absolute atomic E-state index is 13.0. The van der Waals surface area contributed by atoms with Crippen molar-refractivity contribution in [3.05, 3.63) is 70.9 Å². The first-order valence-electron chi connectivity index (χ1n) is 12.3. The number of benzene rings is 2. The molecule has 222 valence electrons. The predicted octanol–water partition coefficient (Wildman–Crippen LogP) is 3.99. The van der Waals surface area contributed by atoms with E-state index in [4.69, 9.17) is 9.47 Å². The van der Waals surface area contributed by atoms with Crippen LogP contribution in [-0.2, 0) is 37.5 Å². The van der Waals surface area contributed by atoms with Crippen molar-refractivity contribution in [3.8, 4) is 11.5 Å². The summed E-state index contributed by atoms with van der Waals surface area (Å²) in [6.45, 7) is 3.31. The minimum atomic E-state index is -4.51. The van der Waals surface area contributed by atoms with E-state index in [0.29, 0.717) is 28.7 Å². The number of Topliss-reactive ketones (excluding diaryl/α,β-unsaturated/α-hetero) is 1. The molecule has 3 N–H and O–H groups in total. The first-order valence-corrected chi connectivity index (χ1v) is 13.4. The molecule has 0 radical (unpaired) electrons. The number of allylic oxidation sites excluding steroid dienone is 1. The zero-order chi connectivity index (χ0) is 30.7. The highest BCUT2D eigenvalue weighted by Crippen LogP contribution is 2.30. The maximum Gasteiger partial charge on any atom is 0.416 e. The molecule has 0 unspecified atom stereocenters. The molecule has 2 rings (SSSR count). The SMILES string of the molecule is COc1ccc(OC)c(CC(=O)N[C@H](C(=O)N/C(=C/C(=O)O)C(=O)CSCc2cccc(C(F)(F)F)c2)C(C)C)c1. The Bertz CT molecular complexity index is 1300. The zero-order valence-corrected chi connectivity index (χ0v) is 23.7. The number of rotatable bonds is 14. The van der Waals surface area contributed by atoms with Crippen molar-refractivity contribution in [1.82, 2.24) is 10.6 Å². The Hall–Kier alpha value is -4.00. The molecule has 41 heavy (non-hydrogen) atoms. The molecular formula is C28H31F3N2O7S. The Kier molecular flexibility index (Phi) is 12.2. The summed E-state index contributed by atoms with van der Waals surface area (Å²) in [5.74, 6) is -3.37. The summed E-state index contributed by atoms with van der Waals surface area (Å²) in [4.78, 5) is 50.0. The minimum absolute atomic E-state index is 0.0440. The Morgan fingerprint density at radius 3 is 2.34 bits per heavy atom. The number of hydrogen-bond acceptors (Lipinski definition) is 7. The number of methoxy groups -OCH3 is 2. The third-order valence-electron chi connectivity index (χ3n) is 5.69. The Morgan fingerprint density at radius 2 is 1.76 bits per heavy atom. The molecule has 0 bridgehead atoms. The monoisotopic (exact) mass is 596 g/mol. The molecule has 0 spiro atoms. The van der Waals surface area contributed by atoms with E-state index in [9.17, 15) is 37.5 Å². The van der Waals surface area contributed by atoms with Crippen LogP contribution >= 0.6 is 11.8 Å². The van der Waals surface area contributed by atoms with Gasteiger partial charge in [-0.05, 0) is 35.7 Å². The first-order chi connectivity index (χ1) is 19.2. The first kappa shape index (κ1) is 33.2. The molecule has 0 heterocycles. The minimum Gasteiger partial charge on any atom is -0.497 e. The number of ether oxygens (including phenoxy) is 2. The van der Waals surface area contributed by atoms with Gasteiger partial charge in [-0.15, -0.1) is 11.8 Å². The van der Waals surface area contributed by atoms with Gasteiger partial charge in [0.25, 0.3) is 0 Å². The molecule has 2 aromatic carbocycles. The van der Waals surface area contributed by atoms with Crippen LogP contribution in [0.3, 0.4) is 0 Å². The van der Waals surface area contributed by atoms with Gasteiger partial charge in [-0.1, -0.05) is 32.0 Å². The standard InChI is InChI=1S/C28H31F3N2O7S/c1-16(2)26(33-24(35)12-18-11-20(39-3)8-9-23(18)40-4)27(38)32-21(13-25(36)37)22(34)15-41-14-17-6-5-7-19(10-17)28(29,30)31/h5-11,13,16,26H,12,14-15H2,1-4H3,(H,32,38)(H,33,35)(H,36,37)/b21-13+/t26-/m0/s1. The van der Waals surface area contributed by atoms with Crippen molar-refractivity contribution in [1.29, 1.82) is 0 Å². The van der Waals surface area contributed by atoms with E-state index < -0.39 is 53.0 Å². The number of nitrogens with one attached hydrogen (secondary N) is 2. The molecule has 0 aliphatic carbocycles. The van der Waals surface area contributed by atoms with Gasteiger partial charge in [0.2, 0.25) is 11.8 Å². The van der Waals surface area contributed by atoms with Crippen molar-refractivity contribution in [3.63, 3.8) is 0 Å². The van der Waals surface area contributed by atoms with Crippen LogP contribution in [0, 0.1) is 5.92 Å². The highest BCUT2D eigenvalue weighted by Gasteiger charge is 2.30. The Balaban J connectivity index is 2.08. The fourth-order valence-corrected chi connectivity index (χ4v) is 4.51. The molecule has 0 fully saturated rings. The molecule has 9 nitrogen and oxygen atoms in total. The molecule has 0 aliphatic heterocycles. The van der Waals surface area contributed by atoms with E-state index in [1.54, 1.807) is 32.0 Å². The second-order valence-electron chi connectivity index (χ2n) is 9.14. The van der Waals surface area contributed by atoms with Crippen LogP contribution in [0.1, 0.15) is 30.5 Å². The number of carboxylic acids is 1. The maximum atomic E-state index is 13.0. The normalized spacial score (nSPS) is 12.4. The number of aliphatic carboxylic acids is 1. The van der Waals surface area contributed by atoms with E-state index in [-0.39, 0.29) is 17.9 Å². The molecular weight excluding hydrogens is 565 g/mol. The van der Waals surface area contributed by atoms with Gasteiger partial charge in [0.15, 0.2) is 5.78 Å². The number of hydrogen-bond donors (Lipinski definition) is 3. The summed E-state index contributed by atoms with van der Waals surface area (Å²) >= 11 is 0.956. The number of carbonyl (C=O) groups is 4. The fraction of sp³-hybridized carbons (Fsp3) is 0.357. The van der Waals surface area contributed by atoms with E-state index in [0.717, 1.165) is 23.9 Å². The molecule has 2 aromatic rings. The number of carbonyl (C=O) groups excluding carboxylic acids is 3. The zero-order valence-electron chi connectivity index (χ0n) is 22.8. The molecule has 2 amide bonds. The number of thioether (sulfide) groups is 1. The highest BCUT2D eigenvalue weighted by atomic mass is 32.2. The van der Waals surface area contributed by atoms with Gasteiger partial charge in [0.05, 0.1) is 43.7 Å². The average molecular weight is 597 g/mol. The predicted molar refractivity (Wildman–Crippen MR) is 146 cm³/mol. The lowest BCUT2D eigenvalue weighted by atomic mass is 10.0. The lowest BCUT2D eigenvalue weighted by Crippen LogP contribution is -2.50. The number of amides is 2. The summed E-state index contributed by atoms with van der Waals surface area (Å²) in [5, 5.41) is 14.1. The lowest BCUT2D eigenvalue weighted by molar-refractivity contribution is -0.137. The molecule has 0 aromatic heterocycles. The highest BCUT2D eigenvalue weighted by molar-refractivity contribution is 7.99. The van der Waals surface area contributed by atoms with Crippen molar-refractivity contribution in [2.75, 3.05) is 20.0 Å². The van der Waals surface area contributed by atoms with Gasteiger partial charge in [0.1, 0.15) is 17.5 Å². The van der Waals surface area contributed by atoms with Crippen LogP contribution in [0.2, 0.25) is 0 Å². The summed E-state index contributed by atoms with van der Waals surface area (Å²) in [7, 11) is 2.91. The van der Waals surface area contributed by atoms with Crippen molar-refractivity contribution in [2.24, 2.45) is 5.92 Å². The fourth-order valence-electron chi connectivity index (χ4n) is 3.65. The number of alkyl halides is 3. The van der Waals surface area contributed by atoms with Crippen LogP contribution in [0.5, 0.6) is 11.5 Å². The topological polar surface area (TPSA) is 131 Å². The van der Waals surface area contributed by atoms with Gasteiger partial charge < -0.3 is 25.2 Å². The third kappa shape index (κ3) is 10.5. The molecule has 0 saturated carbocycles. The van der Waals surface area contributed by atoms with Gasteiger partial charge in [-0.3, -0.25) is 14.4 Å². The Morgan fingerprint density at radius 1 is 1.05 bits per heavy atom. The van der Waals surface area contributed by atoms with Crippen molar-refractivity contribution < 1.29 is 46.9 Å². The number of carboxylic acid groups (broad SMARTS) is 1. The van der Waals surface area contributed by atoms with E-state index in [1.807, 2.05) is 0 Å². The third-order valence-corrected chi connectivity index (χ3v) is 6.69. The lowest BCUT2D eigenvalue weighted by Gasteiger charge is -2.22. The summed E-state index contributed by atoms with van der Waals surface area (Å²) in [5.41, 5.74) is -0.520. The van der Waals surface area contributed by atoms with Gasteiger partial charge in [-0.25, -0.2) is 4.79 Å². The van der Waals surface area contributed by atoms with Crippen LogP contribution in [0.4, 0.5) is 13.2 Å². The van der Waals surface area contributed by atoms with Gasteiger partial charge in [0, 0.05) is 11.3 Å². The van der Waals surface area contributed by atoms with E-state index in [1.165, 1.54) is 26.4 Å². The van der Waals surface area contributed by atoms with E-state index in [2.05, 4.69) is 10.6 Å². The van der Waals surface area contributed by atoms with E-state index >= 15 is 0 Å². The molecule has 1 atom stereocenters. The molecule has 13 heteroatoms. The largest absolute Gasteiger partial charge is 0.497 e. The quantitative estimate of drug-likeness (QED) is 0.279. The van der Waals surface area contributed by atoms with Crippen molar-refractivity contribution >= 4 is 35.3 Å². The van der Waals surface area contributed by atoms with Gasteiger partial charge in [-0.2, -0.15) is 13.2 Å². The molecule has 0 saturated heterocycles. The summed E-state index contributed by atoms with van der Waals surface area (Å²) in [6.07, 6.45) is -4.13. The smallest absolute Gasteiger partial charge is 0.416 e. The van der Waals surface area contributed by atoms with Gasteiger partial charge >= 0.3 is 12.1 Å². The summed E-state index contributed by atoms with van der Waals surface area (Å²) < 4.78 is 49.3. The summed E-state index contributed by atoms with van der Waals surface area (Å²) in [6, 6.07) is 8.41. The number of halogens is 3. The van der Waals surface area contributed by atoms with Crippen molar-refractivity contribution in [2.45, 2.75) is 38.2 Å². The second-order valence-corrected chi connectivity index (χ2v) is 10.1. The number of ketones is 1. The van der Waals surface area contributed by atoms with Crippen LogP contribution in [0.25, 0.3) is 0 Å². The Labute approximate surface area is 239 Å². The molecule has 0 aliphatic rings. The van der Waals surface area contributed by atoms with Crippen LogP contribution in [-0.4, -0.2) is 54.7 Å². The average Bonchev–Trinajstić information content (AvgIpc) is 2.90. The second kappa shape index (κ2) is 15.1. The van der Waals surface area contributed by atoms with Crippen LogP contribution in [0.15, 0.2) is 54.2 Å². The van der Waals surface area contributed by atoms with Crippen LogP contribution < -0.4 is 20.1 Å².